The van der Waals surface area contributed by atoms with Crippen molar-refractivity contribution < 1.29 is 18.3 Å². The largest absolute Gasteiger partial charge is 0.480 e. The highest BCUT2D eigenvalue weighted by atomic mass is 35.5. The van der Waals surface area contributed by atoms with Crippen molar-refractivity contribution in [2.45, 2.75) is 22.6 Å². The van der Waals surface area contributed by atoms with Crippen molar-refractivity contribution >= 4 is 38.9 Å². The maximum atomic E-state index is 12.9. The Bertz CT molecular complexity index is 1140. The van der Waals surface area contributed by atoms with Crippen molar-refractivity contribution in [2.75, 3.05) is 0 Å². The fourth-order valence-corrected chi connectivity index (χ4v) is 6.39. The van der Waals surface area contributed by atoms with Crippen LogP contribution in [0.1, 0.15) is 18.4 Å². The molecule has 0 radical (unpaired) electrons. The molecule has 0 saturated heterocycles. The molecule has 1 aliphatic carbocycles. The van der Waals surface area contributed by atoms with E-state index in [1.807, 2.05) is 30.3 Å². The number of sulfonamides is 1. The summed E-state index contributed by atoms with van der Waals surface area (Å²) >= 11 is 6.84. The van der Waals surface area contributed by atoms with Crippen molar-refractivity contribution in [3.05, 3.63) is 65.4 Å². The van der Waals surface area contributed by atoms with Crippen molar-refractivity contribution in [1.29, 1.82) is 0 Å². The number of hydrogen-bond donors (Lipinski definition) is 2. The molecule has 0 amide bonds. The highest BCUT2D eigenvalue weighted by molar-refractivity contribution is 7.91. The number of carbonyl (C=O) groups is 1. The van der Waals surface area contributed by atoms with Gasteiger partial charge in [-0.3, -0.25) is 4.79 Å². The van der Waals surface area contributed by atoms with E-state index in [-0.39, 0.29) is 10.1 Å². The van der Waals surface area contributed by atoms with Crippen LogP contribution < -0.4 is 4.72 Å². The fourth-order valence-electron chi connectivity index (χ4n) is 3.57. The second-order valence-electron chi connectivity index (χ2n) is 6.65. The molecule has 2 aromatic heterocycles. The van der Waals surface area contributed by atoms with Crippen LogP contribution in [0.2, 0.25) is 5.02 Å². The summed E-state index contributed by atoms with van der Waals surface area (Å²) in [6.07, 6.45) is 3.01. The van der Waals surface area contributed by atoms with Gasteiger partial charge in [0.05, 0.1) is 17.4 Å². The van der Waals surface area contributed by atoms with Crippen LogP contribution >= 0.6 is 22.9 Å². The molecule has 2 N–H and O–H groups in total. The average Bonchev–Trinajstić information content (AvgIpc) is 3.06. The van der Waals surface area contributed by atoms with Gasteiger partial charge in [0.2, 0.25) is 0 Å². The number of halogens is 1. The van der Waals surface area contributed by atoms with Crippen molar-refractivity contribution in [3.8, 4) is 5.00 Å². The monoisotopic (exact) mass is 437 g/mol. The average molecular weight is 438 g/mol. The number of hydrogen-bond acceptors (Lipinski definition) is 5. The van der Waals surface area contributed by atoms with E-state index in [4.69, 9.17) is 11.6 Å². The molecule has 3 aromatic rings. The lowest BCUT2D eigenvalue weighted by atomic mass is 10.1. The molecule has 1 aliphatic rings. The summed E-state index contributed by atoms with van der Waals surface area (Å²) in [5, 5.41) is 14.9. The third-order valence-corrected chi connectivity index (χ3v) is 8.27. The molecule has 28 heavy (non-hydrogen) atoms. The molecule has 7 nitrogen and oxygen atoms in total. The van der Waals surface area contributed by atoms with Gasteiger partial charge in [-0.05, 0) is 23.6 Å². The zero-order valence-corrected chi connectivity index (χ0v) is 17.0. The predicted molar refractivity (Wildman–Crippen MR) is 105 cm³/mol. The van der Waals surface area contributed by atoms with Crippen molar-refractivity contribution in [2.24, 2.45) is 5.92 Å². The van der Waals surface area contributed by atoms with E-state index in [1.54, 1.807) is 19.2 Å². The third kappa shape index (κ3) is 3.04. The molecule has 2 heterocycles. The first kappa shape index (κ1) is 19.1. The molecular weight excluding hydrogens is 422 g/mol. The zero-order chi connectivity index (χ0) is 20.1. The second-order valence-corrected chi connectivity index (χ2v) is 10.1. The third-order valence-electron chi connectivity index (χ3n) is 5.02. The minimum Gasteiger partial charge on any atom is -0.480 e. The minimum absolute atomic E-state index is 0.0145. The predicted octanol–water partition coefficient (Wildman–Crippen LogP) is 3.12. The van der Waals surface area contributed by atoms with Gasteiger partial charge in [0, 0.05) is 5.92 Å². The van der Waals surface area contributed by atoms with E-state index in [1.165, 1.54) is 16.9 Å². The summed E-state index contributed by atoms with van der Waals surface area (Å²) in [6.45, 7) is 1.74. The van der Waals surface area contributed by atoms with E-state index >= 15 is 0 Å². The van der Waals surface area contributed by atoms with Crippen LogP contribution in [-0.2, 0) is 14.8 Å². The van der Waals surface area contributed by atoms with Gasteiger partial charge >= 0.3 is 5.97 Å². The molecule has 1 saturated carbocycles. The molecule has 0 bridgehead atoms. The van der Waals surface area contributed by atoms with Crippen LogP contribution in [0.25, 0.3) is 5.00 Å². The SMILES string of the molecule is C[C@@H]1[C@H](c2ccccc2)[C@]1(NS(=O)(=O)c1ccc(-n2cc(Cl)cn2)s1)C(=O)O. The highest BCUT2D eigenvalue weighted by Gasteiger charge is 2.70. The number of carboxylic acids is 1. The Morgan fingerprint density at radius 2 is 2.00 bits per heavy atom. The summed E-state index contributed by atoms with van der Waals surface area (Å²) in [5.74, 6) is -2.01. The second kappa shape index (κ2) is 6.70. The van der Waals surface area contributed by atoms with Crippen molar-refractivity contribution in [1.82, 2.24) is 14.5 Å². The van der Waals surface area contributed by atoms with Gasteiger partial charge < -0.3 is 5.11 Å². The number of aliphatic carboxylic acids is 1. The van der Waals surface area contributed by atoms with Crippen LogP contribution in [-0.4, -0.2) is 34.8 Å². The Labute approximate surface area is 170 Å². The van der Waals surface area contributed by atoms with E-state index in [9.17, 15) is 18.3 Å². The first-order valence-electron chi connectivity index (χ1n) is 8.38. The van der Waals surface area contributed by atoms with Crippen LogP contribution in [0.15, 0.2) is 59.1 Å². The van der Waals surface area contributed by atoms with Crippen LogP contribution in [0, 0.1) is 5.92 Å². The van der Waals surface area contributed by atoms with Gasteiger partial charge in [-0.25, -0.2) is 13.1 Å². The summed E-state index contributed by atoms with van der Waals surface area (Å²) in [7, 11) is -4.04. The van der Waals surface area contributed by atoms with Crippen LogP contribution in [0.5, 0.6) is 0 Å². The Balaban J connectivity index is 1.65. The highest BCUT2D eigenvalue weighted by Crippen LogP contribution is 2.58. The van der Waals surface area contributed by atoms with E-state index in [0.717, 1.165) is 16.9 Å². The standard InChI is InChI=1S/C18H16ClN3O4S2/c1-11-16(12-5-3-2-4-6-12)18(11,17(23)24)21-28(25,26)15-8-7-14(27-15)22-10-13(19)9-20-22/h2-11,16,21H,1H3,(H,23,24)/t11-,16-,18+/m1/s1. The lowest BCUT2D eigenvalue weighted by Gasteiger charge is -2.15. The molecule has 1 fully saturated rings. The van der Waals surface area contributed by atoms with Gasteiger partial charge in [-0.15, -0.1) is 11.3 Å². The zero-order valence-electron chi connectivity index (χ0n) is 14.6. The summed E-state index contributed by atoms with van der Waals surface area (Å²) in [4.78, 5) is 12.1. The normalized spacial score (nSPS) is 24.2. The topological polar surface area (TPSA) is 101 Å². The fraction of sp³-hybridized carbons (Fsp3) is 0.222. The Hall–Kier alpha value is -2.20. The van der Waals surface area contributed by atoms with E-state index in [0.29, 0.717) is 10.0 Å². The first-order chi connectivity index (χ1) is 13.3. The molecule has 3 atom stereocenters. The maximum absolute atomic E-state index is 12.9. The number of benzene rings is 1. The first-order valence-corrected chi connectivity index (χ1v) is 11.1. The van der Waals surface area contributed by atoms with Gasteiger partial charge in [0.1, 0.15) is 14.7 Å². The molecule has 0 aliphatic heterocycles. The van der Waals surface area contributed by atoms with Gasteiger partial charge in [-0.1, -0.05) is 48.9 Å². The molecule has 146 valence electrons. The maximum Gasteiger partial charge on any atom is 0.325 e. The lowest BCUT2D eigenvalue weighted by Crippen LogP contribution is -2.45. The quantitative estimate of drug-likeness (QED) is 0.617. The summed E-state index contributed by atoms with van der Waals surface area (Å²) < 4.78 is 29.8. The van der Waals surface area contributed by atoms with E-state index < -0.39 is 27.4 Å². The number of aromatic nitrogens is 2. The van der Waals surface area contributed by atoms with Crippen LogP contribution in [0.3, 0.4) is 0 Å². The molecule has 4 rings (SSSR count). The number of thiophene rings is 1. The summed E-state index contributed by atoms with van der Waals surface area (Å²) in [6, 6.07) is 12.1. The molecule has 10 heteroatoms. The number of rotatable bonds is 6. The van der Waals surface area contributed by atoms with Crippen LogP contribution in [0.4, 0.5) is 0 Å². The lowest BCUT2D eigenvalue weighted by molar-refractivity contribution is -0.140. The number of nitrogens with one attached hydrogen (secondary N) is 1. The smallest absolute Gasteiger partial charge is 0.325 e. The molecule has 0 spiro atoms. The van der Waals surface area contributed by atoms with Gasteiger partial charge in [0.25, 0.3) is 10.0 Å². The Kier molecular flexibility index (Phi) is 4.58. The van der Waals surface area contributed by atoms with Gasteiger partial charge in [-0.2, -0.15) is 9.82 Å². The molecular formula is C18H16ClN3O4S2. The minimum atomic E-state index is -4.04. The number of nitrogens with zero attached hydrogens (tertiary/aromatic N) is 2. The number of carboxylic acid groups (broad SMARTS) is 1. The van der Waals surface area contributed by atoms with E-state index in [2.05, 4.69) is 9.82 Å². The molecule has 0 unspecified atom stereocenters. The Morgan fingerprint density at radius 3 is 2.61 bits per heavy atom. The molecule has 1 aromatic carbocycles. The van der Waals surface area contributed by atoms with Crippen molar-refractivity contribution in [3.63, 3.8) is 0 Å². The Morgan fingerprint density at radius 1 is 1.29 bits per heavy atom. The summed E-state index contributed by atoms with van der Waals surface area (Å²) in [5.41, 5.74) is -0.780. The van der Waals surface area contributed by atoms with Gasteiger partial charge in [0.15, 0.2) is 0 Å².